The van der Waals surface area contributed by atoms with Gasteiger partial charge in [-0.2, -0.15) is 0 Å². The van der Waals surface area contributed by atoms with Crippen LogP contribution in [0.15, 0.2) is 29.6 Å². The highest BCUT2D eigenvalue weighted by Crippen LogP contribution is 2.43. The summed E-state index contributed by atoms with van der Waals surface area (Å²) in [4.78, 5) is 40.1. The van der Waals surface area contributed by atoms with Crippen LogP contribution in [0.1, 0.15) is 22.5 Å². The molecule has 2 aromatic rings. The second kappa shape index (κ2) is 5.64. The predicted octanol–water partition coefficient (Wildman–Crippen LogP) is 0.432. The number of amides is 3. The van der Waals surface area contributed by atoms with Crippen molar-refractivity contribution in [1.29, 1.82) is 0 Å². The lowest BCUT2D eigenvalue weighted by Crippen LogP contribution is -2.36. The number of hydrogen-bond donors (Lipinski definition) is 4. The molecule has 128 valence electrons. The van der Waals surface area contributed by atoms with Gasteiger partial charge in [-0.25, -0.2) is 4.98 Å². The van der Waals surface area contributed by atoms with E-state index >= 15 is 0 Å². The highest BCUT2D eigenvalue weighted by Gasteiger charge is 2.52. The summed E-state index contributed by atoms with van der Waals surface area (Å²) in [5, 5.41) is 10.5. The van der Waals surface area contributed by atoms with Crippen molar-refractivity contribution in [2.75, 3.05) is 17.2 Å². The van der Waals surface area contributed by atoms with Gasteiger partial charge in [0.2, 0.25) is 11.8 Å². The summed E-state index contributed by atoms with van der Waals surface area (Å²) >= 11 is 1.13. The number of aromatic nitrogens is 1. The van der Waals surface area contributed by atoms with E-state index in [1.54, 1.807) is 0 Å². The van der Waals surface area contributed by atoms with E-state index in [1.807, 2.05) is 24.3 Å². The number of nitrogens with two attached hydrogens (primary N) is 1. The van der Waals surface area contributed by atoms with E-state index in [4.69, 9.17) is 5.73 Å². The summed E-state index contributed by atoms with van der Waals surface area (Å²) in [5.41, 5.74) is 6.23. The van der Waals surface area contributed by atoms with Crippen LogP contribution in [0.5, 0.6) is 0 Å². The molecule has 1 fully saturated rings. The zero-order valence-electron chi connectivity index (χ0n) is 13.0. The zero-order valence-corrected chi connectivity index (χ0v) is 13.9. The molecule has 2 unspecified atom stereocenters. The molecule has 0 aliphatic carbocycles. The van der Waals surface area contributed by atoms with Gasteiger partial charge in [0.05, 0.1) is 11.5 Å². The predicted molar refractivity (Wildman–Crippen MR) is 92.4 cm³/mol. The van der Waals surface area contributed by atoms with Crippen LogP contribution >= 0.6 is 11.3 Å². The number of nitrogens with zero attached hydrogens (tertiary/aromatic N) is 1. The Bertz CT molecular complexity index is 895. The molecule has 8 nitrogen and oxygen atoms in total. The average Bonchev–Trinajstić information content (AvgIpc) is 3.28. The fraction of sp³-hybridized carbons (Fsp3) is 0.250. The largest absolute Gasteiger partial charge is 0.364 e. The van der Waals surface area contributed by atoms with Crippen molar-refractivity contribution in [2.24, 2.45) is 5.73 Å². The molecule has 2 aliphatic rings. The minimum Gasteiger partial charge on any atom is -0.364 e. The molecule has 3 heterocycles. The van der Waals surface area contributed by atoms with Gasteiger partial charge in [-0.3, -0.25) is 14.4 Å². The van der Waals surface area contributed by atoms with Crippen molar-refractivity contribution in [3.05, 3.63) is 40.9 Å². The molecular weight excluding hydrogens is 342 g/mol. The third-order valence-electron chi connectivity index (χ3n) is 4.63. The van der Waals surface area contributed by atoms with Crippen LogP contribution in [0.2, 0.25) is 0 Å². The van der Waals surface area contributed by atoms with Crippen molar-refractivity contribution in [3.8, 4) is 0 Å². The Balaban J connectivity index is 1.51. The first-order chi connectivity index (χ1) is 12.0. The molecule has 1 saturated heterocycles. The normalized spacial score (nSPS) is 24.2. The minimum atomic E-state index is -0.736. The lowest BCUT2D eigenvalue weighted by Gasteiger charge is -2.20. The van der Waals surface area contributed by atoms with Crippen molar-refractivity contribution in [2.45, 2.75) is 17.9 Å². The van der Waals surface area contributed by atoms with Gasteiger partial charge in [0.25, 0.3) is 5.91 Å². The number of thiazole rings is 1. The number of rotatable bonds is 3. The third kappa shape index (κ3) is 2.48. The van der Waals surface area contributed by atoms with Gasteiger partial charge < -0.3 is 21.7 Å². The molecule has 0 radical (unpaired) electrons. The Morgan fingerprint density at radius 2 is 2.16 bits per heavy atom. The molecule has 3 amide bonds. The standard InChI is InChI=1S/C16H15N5O3S/c17-12(22)11-6-25-15(20-11)21-13(23)10-5-16(7-18-10)8-3-1-2-4-9(8)19-14(16)24/h1-4,6,10,18H,5,7H2,(H2,17,22)(H,19,24)(H,20,21,23). The fourth-order valence-corrected chi connectivity index (χ4v) is 4.07. The quantitative estimate of drug-likeness (QED) is 0.634. The van der Waals surface area contributed by atoms with E-state index in [-0.39, 0.29) is 17.5 Å². The number of carbonyl (C=O) groups is 3. The lowest BCUT2D eigenvalue weighted by molar-refractivity contribution is -0.120. The van der Waals surface area contributed by atoms with Gasteiger partial charge in [-0.1, -0.05) is 18.2 Å². The number of nitrogens with one attached hydrogen (secondary N) is 3. The summed E-state index contributed by atoms with van der Waals surface area (Å²) in [7, 11) is 0. The summed E-state index contributed by atoms with van der Waals surface area (Å²) < 4.78 is 0. The number of fused-ring (bicyclic) bond motifs is 2. The van der Waals surface area contributed by atoms with Crippen LogP contribution in [0.3, 0.4) is 0 Å². The average molecular weight is 357 g/mol. The first-order valence-corrected chi connectivity index (χ1v) is 8.58. The highest BCUT2D eigenvalue weighted by atomic mass is 32.1. The summed E-state index contributed by atoms with van der Waals surface area (Å²) in [6.07, 6.45) is 0.357. The summed E-state index contributed by atoms with van der Waals surface area (Å²) in [5.74, 6) is -1.03. The molecule has 4 rings (SSSR count). The van der Waals surface area contributed by atoms with Gasteiger partial charge in [0, 0.05) is 17.6 Å². The summed E-state index contributed by atoms with van der Waals surface area (Å²) in [6.45, 7) is 0.387. The van der Waals surface area contributed by atoms with Crippen molar-refractivity contribution >= 4 is 39.9 Å². The van der Waals surface area contributed by atoms with E-state index in [2.05, 4.69) is 20.9 Å². The number of carbonyl (C=O) groups excluding carboxylic acids is 3. The fourth-order valence-electron chi connectivity index (χ4n) is 3.36. The van der Waals surface area contributed by atoms with Crippen LogP contribution in [-0.2, 0) is 15.0 Å². The molecule has 0 saturated carbocycles. The number of para-hydroxylation sites is 1. The second-order valence-corrected chi connectivity index (χ2v) is 6.97. The van der Waals surface area contributed by atoms with Gasteiger partial charge in [0.15, 0.2) is 5.13 Å². The van der Waals surface area contributed by atoms with Crippen molar-refractivity contribution in [1.82, 2.24) is 10.3 Å². The zero-order chi connectivity index (χ0) is 17.6. The molecule has 1 aromatic carbocycles. The first kappa shape index (κ1) is 15.7. The van der Waals surface area contributed by atoms with Gasteiger partial charge in [-0.05, 0) is 18.1 Å². The van der Waals surface area contributed by atoms with Gasteiger partial charge >= 0.3 is 0 Å². The highest BCUT2D eigenvalue weighted by molar-refractivity contribution is 7.14. The van der Waals surface area contributed by atoms with E-state index < -0.39 is 17.4 Å². The van der Waals surface area contributed by atoms with Gasteiger partial charge in [0.1, 0.15) is 5.69 Å². The van der Waals surface area contributed by atoms with Crippen LogP contribution in [0.4, 0.5) is 10.8 Å². The Hall–Kier alpha value is -2.78. The molecule has 25 heavy (non-hydrogen) atoms. The second-order valence-electron chi connectivity index (χ2n) is 6.11. The molecule has 5 N–H and O–H groups in total. The van der Waals surface area contributed by atoms with E-state index in [1.165, 1.54) is 5.38 Å². The minimum absolute atomic E-state index is 0.0956. The van der Waals surface area contributed by atoms with Crippen LogP contribution < -0.4 is 21.7 Å². The van der Waals surface area contributed by atoms with Crippen LogP contribution in [-0.4, -0.2) is 35.3 Å². The Morgan fingerprint density at radius 1 is 1.36 bits per heavy atom. The SMILES string of the molecule is NC(=O)c1csc(NC(=O)C2CC3(CN2)C(=O)Nc2ccccc23)n1. The maximum absolute atomic E-state index is 12.5. The smallest absolute Gasteiger partial charge is 0.268 e. The van der Waals surface area contributed by atoms with Crippen LogP contribution in [0.25, 0.3) is 0 Å². The lowest BCUT2D eigenvalue weighted by atomic mass is 9.79. The van der Waals surface area contributed by atoms with Gasteiger partial charge in [-0.15, -0.1) is 11.3 Å². The third-order valence-corrected chi connectivity index (χ3v) is 5.39. The molecule has 1 aromatic heterocycles. The maximum atomic E-state index is 12.5. The molecule has 9 heteroatoms. The number of primary amides is 1. The Morgan fingerprint density at radius 3 is 2.92 bits per heavy atom. The maximum Gasteiger partial charge on any atom is 0.268 e. The number of benzene rings is 1. The molecule has 1 spiro atoms. The molecule has 2 atom stereocenters. The van der Waals surface area contributed by atoms with Crippen molar-refractivity contribution < 1.29 is 14.4 Å². The van der Waals surface area contributed by atoms with Crippen LogP contribution in [0, 0.1) is 0 Å². The number of anilines is 2. The van der Waals surface area contributed by atoms with Crippen molar-refractivity contribution in [3.63, 3.8) is 0 Å². The summed E-state index contributed by atoms with van der Waals surface area (Å²) in [6, 6.07) is 6.99. The molecule has 2 aliphatic heterocycles. The van der Waals surface area contributed by atoms with E-state index in [0.717, 1.165) is 22.6 Å². The molecular formula is C16H15N5O3S. The topological polar surface area (TPSA) is 126 Å². The Kier molecular flexibility index (Phi) is 3.55. The number of hydrogen-bond acceptors (Lipinski definition) is 6. The monoisotopic (exact) mass is 357 g/mol. The van der Waals surface area contributed by atoms with E-state index in [9.17, 15) is 14.4 Å². The molecule has 0 bridgehead atoms. The van der Waals surface area contributed by atoms with E-state index in [0.29, 0.717) is 18.1 Å². The Labute approximate surface area is 146 Å². The first-order valence-electron chi connectivity index (χ1n) is 7.70.